The van der Waals surface area contributed by atoms with Gasteiger partial charge in [-0.25, -0.2) is 0 Å². The maximum Gasteiger partial charge on any atom is 0.305 e. The molecule has 0 radical (unpaired) electrons. The molecule has 7 unspecified atom stereocenters. The van der Waals surface area contributed by atoms with Crippen molar-refractivity contribution in [3.05, 3.63) is 36.5 Å². The summed E-state index contributed by atoms with van der Waals surface area (Å²) in [6, 6.07) is -0.811. The molecule has 11 heteroatoms. The molecule has 79 heavy (non-hydrogen) atoms. The largest absolute Gasteiger partial charge is 0.466 e. The Morgan fingerprint density at radius 2 is 0.810 bits per heavy atom. The Kier molecular flexibility index (Phi) is 54.7. The summed E-state index contributed by atoms with van der Waals surface area (Å²) in [4.78, 5) is 25.1. The third-order valence-electron chi connectivity index (χ3n) is 16.0. The first-order chi connectivity index (χ1) is 38.7. The molecule has 11 nitrogen and oxygen atoms in total. The third kappa shape index (κ3) is 47.0. The number of aliphatic hydroxyl groups excluding tert-OH is 5. The molecule has 1 heterocycles. The van der Waals surface area contributed by atoms with Crippen molar-refractivity contribution in [3.63, 3.8) is 0 Å². The highest BCUT2D eigenvalue weighted by molar-refractivity contribution is 5.76. The molecular formula is C68H127NO10. The Balaban J connectivity index is 1.94. The van der Waals surface area contributed by atoms with E-state index in [-0.39, 0.29) is 18.5 Å². The van der Waals surface area contributed by atoms with E-state index in [0.29, 0.717) is 19.4 Å². The van der Waals surface area contributed by atoms with Crippen molar-refractivity contribution in [3.8, 4) is 0 Å². The number of carbonyl (C=O) groups is 2. The maximum absolute atomic E-state index is 13.0. The quantitative estimate of drug-likeness (QED) is 0.0195. The fraction of sp³-hybridized carbons (Fsp3) is 0.882. The van der Waals surface area contributed by atoms with E-state index in [2.05, 4.69) is 43.5 Å². The Morgan fingerprint density at radius 3 is 1.22 bits per heavy atom. The van der Waals surface area contributed by atoms with Crippen molar-refractivity contribution in [2.75, 3.05) is 19.8 Å². The summed E-state index contributed by atoms with van der Waals surface area (Å²) in [5, 5.41) is 54.3. The minimum absolute atomic E-state index is 0.000346. The Morgan fingerprint density at radius 1 is 0.456 bits per heavy atom. The van der Waals surface area contributed by atoms with Crippen molar-refractivity contribution in [2.24, 2.45) is 0 Å². The number of ether oxygens (including phenoxy) is 3. The Hall–Kier alpha value is -2.12. The Labute approximate surface area is 485 Å². The van der Waals surface area contributed by atoms with E-state index in [1.165, 1.54) is 238 Å². The number of hydrogen-bond donors (Lipinski definition) is 6. The predicted octanol–water partition coefficient (Wildman–Crippen LogP) is 16.6. The number of allylic oxidation sites excluding steroid dienone is 5. The van der Waals surface area contributed by atoms with Crippen LogP contribution in [0.5, 0.6) is 0 Å². The van der Waals surface area contributed by atoms with Crippen molar-refractivity contribution >= 4 is 11.9 Å². The summed E-state index contributed by atoms with van der Waals surface area (Å²) < 4.78 is 16.7. The van der Waals surface area contributed by atoms with Gasteiger partial charge in [-0.2, -0.15) is 0 Å². The van der Waals surface area contributed by atoms with Gasteiger partial charge >= 0.3 is 5.97 Å². The molecule has 1 fully saturated rings. The number of rotatable bonds is 59. The number of esters is 1. The van der Waals surface area contributed by atoms with Crippen molar-refractivity contribution in [2.45, 2.75) is 365 Å². The molecule has 1 amide bonds. The molecule has 0 aliphatic carbocycles. The minimum atomic E-state index is -1.57. The van der Waals surface area contributed by atoms with Crippen molar-refractivity contribution < 1.29 is 49.3 Å². The van der Waals surface area contributed by atoms with Crippen LogP contribution < -0.4 is 5.32 Å². The normalized spacial score (nSPS) is 18.6. The van der Waals surface area contributed by atoms with Gasteiger partial charge < -0.3 is 45.1 Å². The topological polar surface area (TPSA) is 175 Å². The summed E-state index contributed by atoms with van der Waals surface area (Å²) in [5.74, 6) is -0.187. The summed E-state index contributed by atoms with van der Waals surface area (Å²) in [5.41, 5.74) is 0. The monoisotopic (exact) mass is 1120 g/mol. The lowest BCUT2D eigenvalue weighted by Gasteiger charge is -2.40. The Bertz CT molecular complexity index is 1410. The standard InChI is InChI=1S/C68H127NO10/c1-3-5-7-9-11-13-14-15-16-26-30-33-36-40-44-48-52-56-64(73)77-57-53-49-45-41-37-34-31-28-25-23-21-19-17-18-20-22-24-27-29-32-35-39-43-47-51-55-63(72)69-60(61(71)54-50-46-42-38-12-10-8-6-4-2)59-78-68-67(76)66(75)65(74)62(58-70)79-68/h15-16,18,20,50,54,60-62,65-68,70-71,74-76H,3-14,17,19,21-49,51-53,55-59H2,1-2H3,(H,69,72)/b16-15-,20-18-,54-50+. The van der Waals surface area contributed by atoms with E-state index in [9.17, 15) is 35.1 Å². The molecule has 0 aromatic heterocycles. The van der Waals surface area contributed by atoms with Gasteiger partial charge in [-0.05, 0) is 83.5 Å². The minimum Gasteiger partial charge on any atom is -0.466 e. The second-order valence-corrected chi connectivity index (χ2v) is 23.5. The molecule has 0 aromatic rings. The van der Waals surface area contributed by atoms with Gasteiger partial charge in [0.1, 0.15) is 24.4 Å². The molecule has 0 spiro atoms. The van der Waals surface area contributed by atoms with E-state index in [1.54, 1.807) is 6.08 Å². The zero-order valence-electron chi connectivity index (χ0n) is 51.3. The number of hydrogen-bond acceptors (Lipinski definition) is 10. The SMILES string of the molecule is CCCCCCCC/C=C\CCCCCCCCCC(=O)OCCCCCCCCCCCCCC/C=C\CCCCCCCCCCCC(=O)NC(COC1OC(CO)C(O)C(O)C1O)C(O)/C=C/CCCCCCCCC. The van der Waals surface area contributed by atoms with Gasteiger partial charge in [-0.3, -0.25) is 9.59 Å². The van der Waals surface area contributed by atoms with Crippen LogP contribution in [0.25, 0.3) is 0 Å². The van der Waals surface area contributed by atoms with Gasteiger partial charge in [-0.15, -0.1) is 0 Å². The molecule has 0 saturated carbocycles. The lowest BCUT2D eigenvalue weighted by Crippen LogP contribution is -2.60. The van der Waals surface area contributed by atoms with E-state index >= 15 is 0 Å². The lowest BCUT2D eigenvalue weighted by molar-refractivity contribution is -0.302. The number of nitrogens with one attached hydrogen (secondary N) is 1. The number of aliphatic hydroxyl groups is 5. The van der Waals surface area contributed by atoms with Gasteiger partial charge in [0.2, 0.25) is 5.91 Å². The van der Waals surface area contributed by atoms with Crippen LogP contribution in [0.4, 0.5) is 0 Å². The van der Waals surface area contributed by atoms with E-state index in [1.807, 2.05) is 6.08 Å². The van der Waals surface area contributed by atoms with Crippen LogP contribution in [-0.2, 0) is 23.8 Å². The smallest absolute Gasteiger partial charge is 0.305 e. The molecule has 1 rings (SSSR count). The van der Waals surface area contributed by atoms with Gasteiger partial charge in [0, 0.05) is 12.8 Å². The highest BCUT2D eigenvalue weighted by Gasteiger charge is 2.44. The fourth-order valence-electron chi connectivity index (χ4n) is 10.6. The van der Waals surface area contributed by atoms with Crippen LogP contribution >= 0.6 is 0 Å². The molecule has 1 saturated heterocycles. The molecule has 7 atom stereocenters. The number of amides is 1. The van der Waals surface area contributed by atoms with Gasteiger partial charge in [0.05, 0.1) is 32.0 Å². The fourth-order valence-corrected chi connectivity index (χ4v) is 10.6. The highest BCUT2D eigenvalue weighted by Crippen LogP contribution is 2.23. The summed E-state index contributed by atoms with van der Waals surface area (Å²) >= 11 is 0. The predicted molar refractivity (Wildman–Crippen MR) is 329 cm³/mol. The van der Waals surface area contributed by atoms with Gasteiger partial charge in [0.15, 0.2) is 6.29 Å². The van der Waals surface area contributed by atoms with Crippen LogP contribution in [0.1, 0.15) is 322 Å². The molecular weight excluding hydrogens is 991 g/mol. The third-order valence-corrected chi connectivity index (χ3v) is 16.0. The summed E-state index contributed by atoms with van der Waals surface area (Å²) in [6.45, 7) is 4.32. The lowest BCUT2D eigenvalue weighted by atomic mass is 9.99. The van der Waals surface area contributed by atoms with Crippen molar-refractivity contribution in [1.29, 1.82) is 0 Å². The molecule has 6 N–H and O–H groups in total. The summed E-state index contributed by atoms with van der Waals surface area (Å²) in [7, 11) is 0. The van der Waals surface area contributed by atoms with Gasteiger partial charge in [0.25, 0.3) is 0 Å². The molecule has 1 aliphatic rings. The molecule has 0 bridgehead atoms. The van der Waals surface area contributed by atoms with Crippen LogP contribution in [-0.4, -0.2) is 100 Å². The second kappa shape index (κ2) is 57.7. The first-order valence-corrected chi connectivity index (χ1v) is 33.8. The van der Waals surface area contributed by atoms with Gasteiger partial charge in [-0.1, -0.05) is 262 Å². The van der Waals surface area contributed by atoms with Crippen LogP contribution in [0.15, 0.2) is 36.5 Å². The van der Waals surface area contributed by atoms with Crippen LogP contribution in [0.2, 0.25) is 0 Å². The number of unbranched alkanes of at least 4 members (excludes halogenated alkanes) is 41. The zero-order chi connectivity index (χ0) is 57.3. The molecule has 464 valence electrons. The molecule has 0 aromatic carbocycles. The van der Waals surface area contributed by atoms with Crippen LogP contribution in [0.3, 0.4) is 0 Å². The van der Waals surface area contributed by atoms with E-state index in [4.69, 9.17) is 14.2 Å². The number of carbonyl (C=O) groups excluding carboxylic acids is 2. The average molecular weight is 1120 g/mol. The first kappa shape index (κ1) is 74.9. The van der Waals surface area contributed by atoms with Crippen molar-refractivity contribution in [1.82, 2.24) is 5.32 Å². The summed E-state index contributed by atoms with van der Waals surface area (Å²) in [6.07, 6.45) is 62.8. The van der Waals surface area contributed by atoms with Crippen LogP contribution in [0, 0.1) is 0 Å². The maximum atomic E-state index is 13.0. The zero-order valence-corrected chi connectivity index (χ0v) is 51.3. The average Bonchev–Trinajstić information content (AvgIpc) is 3.47. The highest BCUT2D eigenvalue weighted by atomic mass is 16.7. The molecule has 1 aliphatic heterocycles. The van der Waals surface area contributed by atoms with E-state index < -0.39 is 49.5 Å². The second-order valence-electron chi connectivity index (χ2n) is 23.5. The van der Waals surface area contributed by atoms with E-state index in [0.717, 1.165) is 57.8 Å². The first-order valence-electron chi connectivity index (χ1n) is 33.8.